The molecule has 0 atom stereocenters. The summed E-state index contributed by atoms with van der Waals surface area (Å²) in [4.78, 5) is 0. The van der Waals surface area contributed by atoms with E-state index in [1.807, 2.05) is 0 Å². The smallest absolute Gasteiger partial charge is 0.00788 e. The molecule has 0 aliphatic heterocycles. The van der Waals surface area contributed by atoms with Crippen LogP contribution in [0, 0.1) is 0 Å². The van der Waals surface area contributed by atoms with E-state index in [1.165, 1.54) is 50.6 Å². The Labute approximate surface area is 110 Å². The van der Waals surface area contributed by atoms with Crippen LogP contribution in [0.1, 0.15) is 50.0 Å². The molecule has 0 heterocycles. The molecule has 1 saturated carbocycles. The number of allylic oxidation sites excluding steroid dienone is 1. The van der Waals surface area contributed by atoms with Crippen molar-refractivity contribution in [1.82, 2.24) is 5.32 Å². The molecule has 0 radical (unpaired) electrons. The zero-order valence-electron chi connectivity index (χ0n) is 11.1. The molecule has 1 N–H and O–H groups in total. The van der Waals surface area contributed by atoms with Crippen molar-refractivity contribution in [2.24, 2.45) is 0 Å². The Bertz CT molecular complexity index is 401. The van der Waals surface area contributed by atoms with Gasteiger partial charge >= 0.3 is 0 Å². The Kier molecular flexibility index (Phi) is 3.80. The molecule has 1 heteroatoms. The first-order valence-corrected chi connectivity index (χ1v) is 7.38. The second-order valence-corrected chi connectivity index (χ2v) is 5.73. The molecule has 1 aromatic carbocycles. The Morgan fingerprint density at radius 3 is 2.67 bits per heavy atom. The van der Waals surface area contributed by atoms with Crippen molar-refractivity contribution in [3.05, 3.63) is 47.5 Å². The minimum absolute atomic E-state index is 0.761. The number of nitrogens with one attached hydrogen (secondary N) is 1. The number of benzene rings is 1. The van der Waals surface area contributed by atoms with Gasteiger partial charge in [0.05, 0.1) is 0 Å². The van der Waals surface area contributed by atoms with Gasteiger partial charge in [-0.1, -0.05) is 42.0 Å². The van der Waals surface area contributed by atoms with Crippen molar-refractivity contribution in [3.63, 3.8) is 0 Å². The number of hydrogen-bond donors (Lipinski definition) is 1. The Morgan fingerprint density at radius 1 is 1.11 bits per heavy atom. The van der Waals surface area contributed by atoms with Gasteiger partial charge in [-0.2, -0.15) is 0 Å². The summed E-state index contributed by atoms with van der Waals surface area (Å²) in [6.07, 6.45) is 10.4. The summed E-state index contributed by atoms with van der Waals surface area (Å²) in [7, 11) is 0. The van der Waals surface area contributed by atoms with Crippen LogP contribution in [0.2, 0.25) is 0 Å². The largest absolute Gasteiger partial charge is 0.314 e. The van der Waals surface area contributed by atoms with E-state index in [1.54, 1.807) is 5.57 Å². The van der Waals surface area contributed by atoms with E-state index in [0.29, 0.717) is 0 Å². The molecule has 96 valence electrons. The lowest BCUT2D eigenvalue weighted by molar-refractivity contribution is 0.292. The summed E-state index contributed by atoms with van der Waals surface area (Å²) in [5, 5.41) is 3.70. The fourth-order valence-electron chi connectivity index (χ4n) is 3.18. The van der Waals surface area contributed by atoms with Gasteiger partial charge in [0.25, 0.3) is 0 Å². The van der Waals surface area contributed by atoms with Crippen molar-refractivity contribution in [1.29, 1.82) is 0 Å². The molecule has 0 unspecified atom stereocenters. The molecule has 0 saturated heterocycles. The molecule has 1 nitrogen and oxygen atoms in total. The van der Waals surface area contributed by atoms with Crippen LogP contribution in [-0.2, 0) is 0 Å². The maximum Gasteiger partial charge on any atom is 0.00788 e. The van der Waals surface area contributed by atoms with Gasteiger partial charge in [-0.05, 0) is 56.6 Å². The predicted octanol–water partition coefficient (Wildman–Crippen LogP) is 4.02. The van der Waals surface area contributed by atoms with Gasteiger partial charge in [-0.25, -0.2) is 0 Å². The fraction of sp³-hybridized carbons (Fsp3) is 0.529. The zero-order valence-corrected chi connectivity index (χ0v) is 11.1. The SMILES string of the molecule is C1=C(CCNC2CC(c3ccccc3)C2)CCC1. The minimum atomic E-state index is 0.761. The number of rotatable bonds is 5. The van der Waals surface area contributed by atoms with E-state index < -0.39 is 0 Å². The van der Waals surface area contributed by atoms with Gasteiger partial charge < -0.3 is 5.32 Å². The standard InChI is InChI=1S/C17H23N/c1-2-8-15(9-3-1)16-12-17(13-16)18-11-10-14-6-4-5-7-14/h1-3,6,8-9,16-18H,4-5,7,10-13H2. The van der Waals surface area contributed by atoms with Crippen LogP contribution >= 0.6 is 0 Å². The molecule has 2 aliphatic rings. The molecular formula is C17H23N. The first-order valence-electron chi connectivity index (χ1n) is 7.38. The van der Waals surface area contributed by atoms with Crippen molar-refractivity contribution < 1.29 is 0 Å². The third-order valence-corrected chi connectivity index (χ3v) is 4.42. The van der Waals surface area contributed by atoms with Crippen molar-refractivity contribution in [3.8, 4) is 0 Å². The quantitative estimate of drug-likeness (QED) is 0.768. The Morgan fingerprint density at radius 2 is 1.94 bits per heavy atom. The lowest BCUT2D eigenvalue weighted by Gasteiger charge is -2.36. The van der Waals surface area contributed by atoms with Crippen LogP contribution in [0.15, 0.2) is 42.0 Å². The first kappa shape index (κ1) is 12.0. The van der Waals surface area contributed by atoms with Crippen molar-refractivity contribution >= 4 is 0 Å². The van der Waals surface area contributed by atoms with Crippen molar-refractivity contribution in [2.75, 3.05) is 6.54 Å². The first-order chi connectivity index (χ1) is 8.92. The summed E-state index contributed by atoms with van der Waals surface area (Å²) in [6, 6.07) is 11.7. The van der Waals surface area contributed by atoms with Gasteiger partial charge in [-0.15, -0.1) is 0 Å². The molecule has 1 fully saturated rings. The molecule has 0 spiro atoms. The average Bonchev–Trinajstić information content (AvgIpc) is 2.86. The van der Waals surface area contributed by atoms with E-state index in [9.17, 15) is 0 Å². The molecule has 1 aromatic rings. The molecule has 0 bridgehead atoms. The monoisotopic (exact) mass is 241 g/mol. The Balaban J connectivity index is 1.35. The van der Waals surface area contributed by atoms with Crippen LogP contribution in [0.25, 0.3) is 0 Å². The van der Waals surface area contributed by atoms with Gasteiger partial charge in [0.15, 0.2) is 0 Å². The van der Waals surface area contributed by atoms with Crippen LogP contribution in [0.5, 0.6) is 0 Å². The predicted molar refractivity (Wildman–Crippen MR) is 76.8 cm³/mol. The van der Waals surface area contributed by atoms with E-state index in [-0.39, 0.29) is 0 Å². The molecule has 0 aromatic heterocycles. The summed E-state index contributed by atoms with van der Waals surface area (Å²) in [6.45, 7) is 1.18. The molecule has 18 heavy (non-hydrogen) atoms. The average molecular weight is 241 g/mol. The molecule has 2 aliphatic carbocycles. The van der Waals surface area contributed by atoms with Gasteiger partial charge in [-0.3, -0.25) is 0 Å². The third-order valence-electron chi connectivity index (χ3n) is 4.42. The fourth-order valence-corrected chi connectivity index (χ4v) is 3.18. The third kappa shape index (κ3) is 2.84. The Hall–Kier alpha value is -1.08. The highest BCUT2D eigenvalue weighted by Gasteiger charge is 2.29. The second-order valence-electron chi connectivity index (χ2n) is 5.73. The highest BCUT2D eigenvalue weighted by Crippen LogP contribution is 2.36. The van der Waals surface area contributed by atoms with Crippen LogP contribution in [0.3, 0.4) is 0 Å². The maximum absolute atomic E-state index is 3.70. The minimum Gasteiger partial charge on any atom is -0.314 e. The molecule has 0 amide bonds. The van der Waals surface area contributed by atoms with E-state index in [4.69, 9.17) is 0 Å². The summed E-state index contributed by atoms with van der Waals surface area (Å²) >= 11 is 0. The summed E-state index contributed by atoms with van der Waals surface area (Å²) < 4.78 is 0. The lowest BCUT2D eigenvalue weighted by atomic mass is 9.76. The highest BCUT2D eigenvalue weighted by molar-refractivity contribution is 5.22. The van der Waals surface area contributed by atoms with E-state index >= 15 is 0 Å². The normalized spacial score (nSPS) is 26.8. The van der Waals surface area contributed by atoms with Crippen LogP contribution in [-0.4, -0.2) is 12.6 Å². The summed E-state index contributed by atoms with van der Waals surface area (Å²) in [5.74, 6) is 0.800. The zero-order chi connectivity index (χ0) is 12.2. The van der Waals surface area contributed by atoms with Crippen LogP contribution < -0.4 is 5.32 Å². The highest BCUT2D eigenvalue weighted by atomic mass is 14.9. The maximum atomic E-state index is 3.70. The van der Waals surface area contributed by atoms with Crippen LogP contribution in [0.4, 0.5) is 0 Å². The topological polar surface area (TPSA) is 12.0 Å². The second kappa shape index (κ2) is 5.71. The van der Waals surface area contributed by atoms with E-state index in [0.717, 1.165) is 12.0 Å². The lowest BCUT2D eigenvalue weighted by Crippen LogP contribution is -2.40. The summed E-state index contributed by atoms with van der Waals surface area (Å²) in [5.41, 5.74) is 3.20. The van der Waals surface area contributed by atoms with Gasteiger partial charge in [0.1, 0.15) is 0 Å². The number of hydrogen-bond acceptors (Lipinski definition) is 1. The van der Waals surface area contributed by atoms with Gasteiger partial charge in [0.2, 0.25) is 0 Å². The van der Waals surface area contributed by atoms with Gasteiger partial charge in [0, 0.05) is 6.04 Å². The molecular weight excluding hydrogens is 218 g/mol. The van der Waals surface area contributed by atoms with E-state index in [2.05, 4.69) is 41.7 Å². The molecule has 3 rings (SSSR count). The van der Waals surface area contributed by atoms with Crippen molar-refractivity contribution in [2.45, 2.75) is 50.5 Å².